The van der Waals surface area contributed by atoms with Crippen molar-refractivity contribution >= 4 is 5.57 Å². The summed E-state index contributed by atoms with van der Waals surface area (Å²) in [5.41, 5.74) is 2.33. The highest BCUT2D eigenvalue weighted by molar-refractivity contribution is 5.80. The quantitative estimate of drug-likeness (QED) is 0.543. The second-order valence-corrected chi connectivity index (χ2v) is 5.83. The van der Waals surface area contributed by atoms with E-state index in [1.807, 2.05) is 13.8 Å². The summed E-state index contributed by atoms with van der Waals surface area (Å²) in [4.78, 5) is 0. The molecule has 1 unspecified atom stereocenters. The number of rotatable bonds is 0. The number of hydrogen-bond donors (Lipinski definition) is 4. The molecule has 0 saturated carbocycles. The van der Waals surface area contributed by atoms with Gasteiger partial charge in [0, 0.05) is 11.0 Å². The molecule has 1 aromatic rings. The van der Waals surface area contributed by atoms with E-state index in [4.69, 9.17) is 0 Å². The highest BCUT2D eigenvalue weighted by atomic mass is 16.3. The third-order valence-electron chi connectivity index (χ3n) is 4.28. The number of aliphatic hydroxyl groups excluding tert-OH is 2. The monoisotopic (exact) mass is 264 g/mol. The van der Waals surface area contributed by atoms with Gasteiger partial charge in [-0.3, -0.25) is 0 Å². The fourth-order valence-electron chi connectivity index (χ4n) is 3.05. The van der Waals surface area contributed by atoms with E-state index in [9.17, 15) is 20.4 Å². The van der Waals surface area contributed by atoms with E-state index in [2.05, 4.69) is 0 Å². The van der Waals surface area contributed by atoms with Crippen LogP contribution in [0.25, 0.3) is 5.57 Å². The first-order valence-electron chi connectivity index (χ1n) is 6.26. The molecule has 1 atom stereocenters. The molecule has 0 heterocycles. The number of phenolic OH excluding ortho intramolecular Hbond substituents is 2. The van der Waals surface area contributed by atoms with Gasteiger partial charge >= 0.3 is 0 Å². The molecule has 0 radical (unpaired) electrons. The van der Waals surface area contributed by atoms with Crippen molar-refractivity contribution in [3.63, 3.8) is 0 Å². The zero-order chi connectivity index (χ0) is 14.7. The molecule has 19 heavy (non-hydrogen) atoms. The number of phenols is 2. The molecule has 0 aliphatic heterocycles. The first-order valence-corrected chi connectivity index (χ1v) is 6.26. The molecule has 0 saturated heterocycles. The normalized spacial score (nSPS) is 21.5. The van der Waals surface area contributed by atoms with Crippen LogP contribution in [0.2, 0.25) is 0 Å². The number of aliphatic hydroxyl groups is 2. The zero-order valence-corrected chi connectivity index (χ0v) is 11.9. The maximum atomic E-state index is 10.2. The number of benzene rings is 1. The van der Waals surface area contributed by atoms with E-state index < -0.39 is 11.5 Å². The van der Waals surface area contributed by atoms with E-state index in [0.29, 0.717) is 22.3 Å². The summed E-state index contributed by atoms with van der Waals surface area (Å²) in [5, 5.41) is 40.3. The van der Waals surface area contributed by atoms with Gasteiger partial charge in [0.25, 0.3) is 0 Å². The van der Waals surface area contributed by atoms with Crippen LogP contribution in [0, 0.1) is 13.8 Å². The summed E-state index contributed by atoms with van der Waals surface area (Å²) >= 11 is 0. The lowest BCUT2D eigenvalue weighted by molar-refractivity contribution is 0.0868. The second-order valence-electron chi connectivity index (χ2n) is 5.83. The predicted octanol–water partition coefficient (Wildman–Crippen LogP) is 2.66. The Morgan fingerprint density at radius 1 is 0.895 bits per heavy atom. The summed E-state index contributed by atoms with van der Waals surface area (Å²) in [6.45, 7) is 8.72. The van der Waals surface area contributed by atoms with Crippen LogP contribution in [-0.2, 0) is 5.41 Å². The van der Waals surface area contributed by atoms with Crippen LogP contribution in [0.1, 0.15) is 43.0 Å². The standard InChI is InChI=1S/C15H20O4/c1-6-9-7(2)13(18)14(19)15(4,5)10(9)8(3)12(17)11(6)16/h14,16-19H,1-5H3. The fourth-order valence-corrected chi connectivity index (χ4v) is 3.05. The lowest BCUT2D eigenvalue weighted by Crippen LogP contribution is -2.40. The SMILES string of the molecule is CC1=C(O)C(O)C(C)(C)c2c(C)c(O)c(O)c(C)c21. The summed E-state index contributed by atoms with van der Waals surface area (Å²) in [6.07, 6.45) is -1.03. The molecule has 4 nitrogen and oxygen atoms in total. The Hall–Kier alpha value is -1.68. The first-order chi connectivity index (χ1) is 8.62. The molecule has 1 aromatic carbocycles. The van der Waals surface area contributed by atoms with Crippen molar-refractivity contribution in [2.24, 2.45) is 0 Å². The molecular formula is C15H20O4. The van der Waals surface area contributed by atoms with Crippen molar-refractivity contribution in [1.82, 2.24) is 0 Å². The summed E-state index contributed by atoms with van der Waals surface area (Å²) < 4.78 is 0. The maximum absolute atomic E-state index is 10.2. The van der Waals surface area contributed by atoms with E-state index in [0.717, 1.165) is 5.56 Å². The van der Waals surface area contributed by atoms with E-state index in [1.165, 1.54) is 0 Å². The lowest BCUT2D eigenvalue weighted by Gasteiger charge is -2.39. The fraction of sp³-hybridized carbons (Fsp3) is 0.467. The van der Waals surface area contributed by atoms with Gasteiger partial charge in [0.1, 0.15) is 11.9 Å². The van der Waals surface area contributed by atoms with E-state index in [-0.39, 0.29) is 17.3 Å². The van der Waals surface area contributed by atoms with Crippen molar-refractivity contribution < 1.29 is 20.4 Å². The van der Waals surface area contributed by atoms with Gasteiger partial charge < -0.3 is 20.4 Å². The summed E-state index contributed by atoms with van der Waals surface area (Å²) in [7, 11) is 0. The average molecular weight is 264 g/mol. The average Bonchev–Trinajstić information content (AvgIpc) is 2.35. The van der Waals surface area contributed by atoms with Crippen molar-refractivity contribution in [1.29, 1.82) is 0 Å². The second kappa shape index (κ2) is 3.90. The zero-order valence-electron chi connectivity index (χ0n) is 11.9. The molecule has 4 heteroatoms. The molecule has 104 valence electrons. The van der Waals surface area contributed by atoms with Crippen molar-refractivity contribution in [3.05, 3.63) is 28.0 Å². The highest BCUT2D eigenvalue weighted by Gasteiger charge is 2.42. The molecule has 0 bridgehead atoms. The molecule has 2 rings (SSSR count). The van der Waals surface area contributed by atoms with Crippen molar-refractivity contribution in [3.8, 4) is 11.5 Å². The first kappa shape index (κ1) is 13.7. The van der Waals surface area contributed by atoms with Gasteiger partial charge in [-0.05, 0) is 43.0 Å². The molecule has 0 amide bonds. The molecule has 0 spiro atoms. The molecule has 1 aliphatic rings. The third-order valence-corrected chi connectivity index (χ3v) is 4.28. The minimum atomic E-state index is -1.03. The van der Waals surface area contributed by atoms with Crippen LogP contribution >= 0.6 is 0 Å². The number of allylic oxidation sites excluding steroid dienone is 1. The molecule has 1 aliphatic carbocycles. The van der Waals surface area contributed by atoms with Gasteiger partial charge in [-0.1, -0.05) is 13.8 Å². The Kier molecular flexibility index (Phi) is 2.82. The van der Waals surface area contributed by atoms with Gasteiger partial charge in [0.05, 0.1) is 0 Å². The van der Waals surface area contributed by atoms with Crippen LogP contribution in [0.5, 0.6) is 11.5 Å². The van der Waals surface area contributed by atoms with Crippen LogP contribution in [0.3, 0.4) is 0 Å². The van der Waals surface area contributed by atoms with Crippen LogP contribution in [0.4, 0.5) is 0 Å². The number of aromatic hydroxyl groups is 2. The highest BCUT2D eigenvalue weighted by Crippen LogP contribution is 2.50. The van der Waals surface area contributed by atoms with Crippen LogP contribution < -0.4 is 0 Å². The topological polar surface area (TPSA) is 80.9 Å². The van der Waals surface area contributed by atoms with E-state index >= 15 is 0 Å². The minimum absolute atomic E-state index is 0.0786. The maximum Gasteiger partial charge on any atom is 0.161 e. The lowest BCUT2D eigenvalue weighted by atomic mass is 9.68. The number of hydrogen-bond acceptors (Lipinski definition) is 4. The van der Waals surface area contributed by atoms with E-state index in [1.54, 1.807) is 20.8 Å². The Morgan fingerprint density at radius 2 is 1.37 bits per heavy atom. The van der Waals surface area contributed by atoms with Crippen LogP contribution in [0.15, 0.2) is 5.76 Å². The van der Waals surface area contributed by atoms with Gasteiger partial charge in [-0.25, -0.2) is 0 Å². The van der Waals surface area contributed by atoms with Gasteiger partial charge in [0.2, 0.25) is 0 Å². The Morgan fingerprint density at radius 3 is 1.89 bits per heavy atom. The third kappa shape index (κ3) is 1.56. The molecule has 0 aromatic heterocycles. The number of fused-ring (bicyclic) bond motifs is 1. The Balaban J connectivity index is 3.00. The largest absolute Gasteiger partial charge is 0.509 e. The Labute approximate surface area is 112 Å². The smallest absolute Gasteiger partial charge is 0.161 e. The molecule has 4 N–H and O–H groups in total. The van der Waals surface area contributed by atoms with Gasteiger partial charge in [0.15, 0.2) is 11.5 Å². The Bertz CT molecular complexity index is 597. The minimum Gasteiger partial charge on any atom is -0.509 e. The van der Waals surface area contributed by atoms with Gasteiger partial charge in [-0.15, -0.1) is 0 Å². The molecule has 0 fully saturated rings. The van der Waals surface area contributed by atoms with Crippen molar-refractivity contribution in [2.75, 3.05) is 0 Å². The molecular weight excluding hydrogens is 244 g/mol. The van der Waals surface area contributed by atoms with Crippen LogP contribution in [-0.4, -0.2) is 26.5 Å². The predicted molar refractivity (Wildman–Crippen MR) is 73.5 cm³/mol. The summed E-state index contributed by atoms with van der Waals surface area (Å²) in [5.74, 6) is -0.411. The van der Waals surface area contributed by atoms with Crippen molar-refractivity contribution in [2.45, 2.75) is 46.1 Å². The summed E-state index contributed by atoms with van der Waals surface area (Å²) in [6, 6.07) is 0. The van der Waals surface area contributed by atoms with Gasteiger partial charge in [-0.2, -0.15) is 0 Å².